The number of hydrogen-bond donors (Lipinski definition) is 2. The molecule has 2 N–H and O–H groups in total. The van der Waals surface area contributed by atoms with Crippen LogP contribution in [0, 0.1) is 19.8 Å². The Morgan fingerprint density at radius 3 is 2.77 bits per heavy atom. The molecular formula is C14H19N5O3. The predicted octanol–water partition coefficient (Wildman–Crippen LogP) is 1.31. The summed E-state index contributed by atoms with van der Waals surface area (Å²) in [6.07, 6.45) is 1.68. The molecule has 8 nitrogen and oxygen atoms in total. The summed E-state index contributed by atoms with van der Waals surface area (Å²) in [6, 6.07) is 1.38. The number of nitrogens with zero attached hydrogens (tertiary/aromatic N) is 3. The molecule has 3 rings (SSSR count). The fourth-order valence-corrected chi connectivity index (χ4v) is 2.62. The van der Waals surface area contributed by atoms with E-state index in [2.05, 4.69) is 25.7 Å². The minimum Gasteiger partial charge on any atom is -0.381 e. The molecule has 0 spiro atoms. The third kappa shape index (κ3) is 3.16. The minimum absolute atomic E-state index is 0.206. The quantitative estimate of drug-likeness (QED) is 0.882. The zero-order chi connectivity index (χ0) is 15.5. The molecule has 1 aliphatic heterocycles. The lowest BCUT2D eigenvalue weighted by molar-refractivity contribution is 0.0467. The molecule has 1 amide bonds. The van der Waals surface area contributed by atoms with Crippen LogP contribution in [0.3, 0.4) is 0 Å². The van der Waals surface area contributed by atoms with E-state index in [1.54, 1.807) is 13.0 Å². The number of nitrogens with one attached hydrogen (secondary N) is 2. The first-order valence-corrected chi connectivity index (χ1v) is 7.34. The van der Waals surface area contributed by atoms with Crippen LogP contribution in [-0.4, -0.2) is 39.5 Å². The van der Waals surface area contributed by atoms with Gasteiger partial charge in [0.15, 0.2) is 5.82 Å². The molecule has 0 aliphatic carbocycles. The summed E-state index contributed by atoms with van der Waals surface area (Å²) < 4.78 is 10.7. The molecule has 1 saturated heterocycles. The van der Waals surface area contributed by atoms with E-state index < -0.39 is 0 Å². The van der Waals surface area contributed by atoms with Crippen LogP contribution < -0.4 is 5.32 Å². The van der Waals surface area contributed by atoms with Crippen molar-refractivity contribution in [3.05, 3.63) is 29.2 Å². The Morgan fingerprint density at radius 2 is 2.18 bits per heavy atom. The second-order valence-corrected chi connectivity index (χ2v) is 5.52. The summed E-state index contributed by atoms with van der Waals surface area (Å²) in [7, 11) is 0. The van der Waals surface area contributed by atoms with Crippen molar-refractivity contribution in [1.82, 2.24) is 25.7 Å². The third-order valence-electron chi connectivity index (χ3n) is 3.77. The van der Waals surface area contributed by atoms with Crippen molar-refractivity contribution in [1.29, 1.82) is 0 Å². The highest BCUT2D eigenvalue weighted by Crippen LogP contribution is 2.29. The molecule has 1 fully saturated rings. The van der Waals surface area contributed by atoms with Crippen LogP contribution >= 0.6 is 0 Å². The molecule has 0 radical (unpaired) electrons. The zero-order valence-corrected chi connectivity index (χ0v) is 12.6. The van der Waals surface area contributed by atoms with Crippen molar-refractivity contribution < 1.29 is 14.1 Å². The molecule has 118 valence electrons. The summed E-state index contributed by atoms with van der Waals surface area (Å²) in [5.74, 6) is 0.941. The van der Waals surface area contributed by atoms with Gasteiger partial charge in [-0.3, -0.25) is 9.89 Å². The molecule has 2 aromatic heterocycles. The standard InChI is InChI=1S/C14H19N5O3/c1-8-7-11(18-17-8)13(20)16-12(10-3-5-21-6-4-10)14-15-9(2)19-22-14/h7,10,12H,3-6H2,1-2H3,(H,16,20)(H,17,18)/t12-/m0/s1. The molecule has 0 aromatic carbocycles. The smallest absolute Gasteiger partial charge is 0.272 e. The van der Waals surface area contributed by atoms with E-state index in [-0.39, 0.29) is 17.9 Å². The third-order valence-corrected chi connectivity index (χ3v) is 3.77. The fourth-order valence-electron chi connectivity index (χ4n) is 2.62. The Kier molecular flexibility index (Phi) is 4.19. The second kappa shape index (κ2) is 6.27. The molecule has 0 saturated carbocycles. The van der Waals surface area contributed by atoms with Gasteiger partial charge in [-0.25, -0.2) is 0 Å². The molecule has 1 atom stereocenters. The number of hydrogen-bond acceptors (Lipinski definition) is 6. The number of ether oxygens (including phenoxy) is 1. The molecule has 1 aliphatic rings. The number of amides is 1. The molecule has 0 unspecified atom stereocenters. The van der Waals surface area contributed by atoms with Gasteiger partial charge < -0.3 is 14.6 Å². The van der Waals surface area contributed by atoms with E-state index in [0.717, 1.165) is 18.5 Å². The van der Waals surface area contributed by atoms with Crippen molar-refractivity contribution >= 4 is 5.91 Å². The van der Waals surface area contributed by atoms with Crippen LogP contribution in [0.4, 0.5) is 0 Å². The van der Waals surface area contributed by atoms with Gasteiger partial charge in [0, 0.05) is 18.9 Å². The summed E-state index contributed by atoms with van der Waals surface area (Å²) in [5, 5.41) is 13.5. The van der Waals surface area contributed by atoms with Gasteiger partial charge in [-0.2, -0.15) is 10.1 Å². The Morgan fingerprint density at radius 1 is 1.41 bits per heavy atom. The van der Waals surface area contributed by atoms with Gasteiger partial charge in [-0.05, 0) is 38.7 Å². The summed E-state index contributed by atoms with van der Waals surface area (Å²) in [5.41, 5.74) is 1.19. The minimum atomic E-state index is -0.324. The number of carbonyl (C=O) groups is 1. The van der Waals surface area contributed by atoms with Gasteiger partial charge in [0.2, 0.25) is 5.89 Å². The summed E-state index contributed by atoms with van der Waals surface area (Å²) in [6.45, 7) is 4.95. The second-order valence-electron chi connectivity index (χ2n) is 5.52. The number of rotatable bonds is 4. The lowest BCUT2D eigenvalue weighted by Crippen LogP contribution is -2.36. The van der Waals surface area contributed by atoms with Gasteiger partial charge in [0.1, 0.15) is 11.7 Å². The van der Waals surface area contributed by atoms with Crippen LogP contribution in [-0.2, 0) is 4.74 Å². The first-order valence-electron chi connectivity index (χ1n) is 7.34. The van der Waals surface area contributed by atoms with Crippen molar-refractivity contribution in [3.8, 4) is 0 Å². The van der Waals surface area contributed by atoms with Crippen molar-refractivity contribution in [2.45, 2.75) is 32.7 Å². The molecule has 22 heavy (non-hydrogen) atoms. The highest BCUT2D eigenvalue weighted by molar-refractivity contribution is 5.92. The Balaban J connectivity index is 1.80. The molecule has 2 aromatic rings. The average molecular weight is 305 g/mol. The highest BCUT2D eigenvalue weighted by Gasteiger charge is 2.31. The predicted molar refractivity (Wildman–Crippen MR) is 76.1 cm³/mol. The summed E-state index contributed by atoms with van der Waals surface area (Å²) in [4.78, 5) is 16.7. The van der Waals surface area contributed by atoms with E-state index in [1.165, 1.54) is 0 Å². The maximum absolute atomic E-state index is 12.4. The van der Waals surface area contributed by atoms with Crippen LogP contribution in [0.25, 0.3) is 0 Å². The Bertz CT molecular complexity index is 644. The highest BCUT2D eigenvalue weighted by atomic mass is 16.5. The number of aryl methyl sites for hydroxylation is 2. The van der Waals surface area contributed by atoms with E-state index in [9.17, 15) is 4.79 Å². The maximum Gasteiger partial charge on any atom is 0.272 e. The Hall–Kier alpha value is -2.22. The van der Waals surface area contributed by atoms with Crippen LogP contribution in [0.5, 0.6) is 0 Å². The number of aromatic nitrogens is 4. The first kappa shape index (κ1) is 14.7. The van der Waals surface area contributed by atoms with Crippen molar-refractivity contribution in [2.75, 3.05) is 13.2 Å². The van der Waals surface area contributed by atoms with E-state index in [0.29, 0.717) is 30.6 Å². The van der Waals surface area contributed by atoms with Crippen LogP contribution in [0.1, 0.15) is 46.8 Å². The first-order chi connectivity index (χ1) is 10.6. The SMILES string of the molecule is Cc1noc([C@@H](NC(=O)c2cc(C)[nH]n2)C2CCOCC2)n1. The molecule has 0 bridgehead atoms. The van der Waals surface area contributed by atoms with Gasteiger partial charge >= 0.3 is 0 Å². The lowest BCUT2D eigenvalue weighted by atomic mass is 9.91. The molecule has 8 heteroatoms. The lowest BCUT2D eigenvalue weighted by Gasteiger charge is -2.28. The normalized spacial score (nSPS) is 17.4. The van der Waals surface area contributed by atoms with Gasteiger partial charge in [0.25, 0.3) is 5.91 Å². The molecular weight excluding hydrogens is 286 g/mol. The van der Waals surface area contributed by atoms with Gasteiger partial charge in [-0.1, -0.05) is 5.16 Å². The maximum atomic E-state index is 12.4. The molecule has 3 heterocycles. The fraction of sp³-hybridized carbons (Fsp3) is 0.571. The van der Waals surface area contributed by atoms with E-state index in [1.807, 2.05) is 6.92 Å². The van der Waals surface area contributed by atoms with Crippen molar-refractivity contribution in [2.24, 2.45) is 5.92 Å². The number of aromatic amines is 1. The van der Waals surface area contributed by atoms with E-state index in [4.69, 9.17) is 9.26 Å². The van der Waals surface area contributed by atoms with Crippen molar-refractivity contribution in [3.63, 3.8) is 0 Å². The topological polar surface area (TPSA) is 106 Å². The van der Waals surface area contributed by atoms with Crippen LogP contribution in [0.2, 0.25) is 0 Å². The largest absolute Gasteiger partial charge is 0.381 e. The number of carbonyl (C=O) groups excluding carboxylic acids is 1. The van der Waals surface area contributed by atoms with Gasteiger partial charge in [0.05, 0.1) is 0 Å². The zero-order valence-electron chi connectivity index (χ0n) is 12.6. The van der Waals surface area contributed by atoms with Crippen LogP contribution in [0.15, 0.2) is 10.6 Å². The summed E-state index contributed by atoms with van der Waals surface area (Å²) >= 11 is 0. The average Bonchev–Trinajstić information content (AvgIpc) is 3.14. The monoisotopic (exact) mass is 305 g/mol. The Labute approximate surface area is 127 Å². The number of H-pyrrole nitrogens is 1. The van der Waals surface area contributed by atoms with Gasteiger partial charge in [-0.15, -0.1) is 0 Å². The van der Waals surface area contributed by atoms with E-state index >= 15 is 0 Å².